The van der Waals surface area contributed by atoms with E-state index in [2.05, 4.69) is 34.7 Å². The highest BCUT2D eigenvalue weighted by molar-refractivity contribution is 9.10. The Hall–Kier alpha value is -0.0500. The number of hydrogen-bond acceptors (Lipinski definition) is 1. The van der Waals surface area contributed by atoms with Gasteiger partial charge in [-0.3, -0.25) is 4.90 Å². The fraction of sp³-hybridized carbons (Fsp3) is 0.455. The zero-order valence-corrected chi connectivity index (χ0v) is 10.9. The topological polar surface area (TPSA) is 3.24 Å². The van der Waals surface area contributed by atoms with E-state index in [1.54, 1.807) is 0 Å². The minimum Gasteiger partial charge on any atom is -0.300 e. The van der Waals surface area contributed by atoms with Gasteiger partial charge in [0.25, 0.3) is 0 Å². The molecule has 1 rings (SSSR count). The summed E-state index contributed by atoms with van der Waals surface area (Å²) in [5.41, 5.74) is 1.18. The van der Waals surface area contributed by atoms with Gasteiger partial charge < -0.3 is 0 Å². The fourth-order valence-electron chi connectivity index (χ4n) is 1.35. The molecule has 0 saturated heterocycles. The number of rotatable bonds is 4. The van der Waals surface area contributed by atoms with Crippen molar-refractivity contribution in [3.63, 3.8) is 0 Å². The van der Waals surface area contributed by atoms with Crippen LogP contribution in [0.5, 0.6) is 0 Å². The molecule has 0 saturated carbocycles. The Bertz CT molecular complexity index is 277. The molecule has 0 fully saturated rings. The molecule has 0 radical (unpaired) electrons. The van der Waals surface area contributed by atoms with Gasteiger partial charge in [0, 0.05) is 16.0 Å². The van der Waals surface area contributed by atoms with Crippen molar-refractivity contribution in [2.45, 2.75) is 20.4 Å². The van der Waals surface area contributed by atoms with Crippen LogP contribution in [0.3, 0.4) is 0 Å². The molecule has 0 aromatic heterocycles. The van der Waals surface area contributed by atoms with E-state index in [1.165, 1.54) is 5.56 Å². The number of hydrogen-bond donors (Lipinski definition) is 0. The summed E-state index contributed by atoms with van der Waals surface area (Å²) in [6, 6.07) is 5.92. The van der Waals surface area contributed by atoms with Crippen LogP contribution in [0.15, 0.2) is 22.7 Å². The predicted molar refractivity (Wildman–Crippen MR) is 65.8 cm³/mol. The van der Waals surface area contributed by atoms with Crippen LogP contribution < -0.4 is 0 Å². The van der Waals surface area contributed by atoms with E-state index in [4.69, 9.17) is 11.6 Å². The average molecular weight is 277 g/mol. The average Bonchev–Trinajstić information content (AvgIpc) is 2.18. The van der Waals surface area contributed by atoms with Crippen molar-refractivity contribution in [1.82, 2.24) is 4.90 Å². The van der Waals surface area contributed by atoms with E-state index in [0.717, 1.165) is 29.1 Å². The lowest BCUT2D eigenvalue weighted by atomic mass is 10.2. The molecule has 0 N–H and O–H groups in total. The van der Waals surface area contributed by atoms with E-state index in [0.29, 0.717) is 0 Å². The van der Waals surface area contributed by atoms with Crippen molar-refractivity contribution < 1.29 is 0 Å². The van der Waals surface area contributed by atoms with Crippen LogP contribution in [0.1, 0.15) is 19.4 Å². The second-order valence-electron chi connectivity index (χ2n) is 3.16. The zero-order valence-electron chi connectivity index (χ0n) is 8.56. The molecule has 3 heteroatoms. The van der Waals surface area contributed by atoms with Gasteiger partial charge in [-0.15, -0.1) is 0 Å². The Labute approximate surface area is 99.2 Å². The SMILES string of the molecule is CCN(CC)Cc1c(Cl)cccc1Br. The molecule has 0 atom stereocenters. The molecule has 1 aromatic rings. The predicted octanol–water partition coefficient (Wildman–Crippen LogP) is 3.94. The van der Waals surface area contributed by atoms with E-state index >= 15 is 0 Å². The quantitative estimate of drug-likeness (QED) is 0.805. The number of benzene rings is 1. The molecule has 1 nitrogen and oxygen atoms in total. The lowest BCUT2D eigenvalue weighted by Crippen LogP contribution is -2.22. The van der Waals surface area contributed by atoms with Crippen molar-refractivity contribution >= 4 is 27.5 Å². The Morgan fingerprint density at radius 2 is 1.93 bits per heavy atom. The largest absolute Gasteiger partial charge is 0.300 e. The molecule has 78 valence electrons. The number of nitrogens with zero attached hydrogens (tertiary/aromatic N) is 1. The molecule has 0 unspecified atom stereocenters. The molecule has 14 heavy (non-hydrogen) atoms. The van der Waals surface area contributed by atoms with Gasteiger partial charge in [0.05, 0.1) is 0 Å². The van der Waals surface area contributed by atoms with Crippen LogP contribution in [0, 0.1) is 0 Å². The molecular weight excluding hydrogens is 261 g/mol. The third-order valence-corrected chi connectivity index (χ3v) is 3.43. The minimum absolute atomic E-state index is 0.839. The van der Waals surface area contributed by atoms with Crippen LogP contribution >= 0.6 is 27.5 Å². The third kappa shape index (κ3) is 2.97. The van der Waals surface area contributed by atoms with E-state index in [-0.39, 0.29) is 0 Å². The van der Waals surface area contributed by atoms with Gasteiger partial charge in [-0.2, -0.15) is 0 Å². The molecule has 0 amide bonds. The summed E-state index contributed by atoms with van der Waals surface area (Å²) in [5.74, 6) is 0. The smallest absolute Gasteiger partial charge is 0.0462 e. The molecule has 0 spiro atoms. The summed E-state index contributed by atoms with van der Waals surface area (Å²) < 4.78 is 1.09. The molecule has 0 aliphatic carbocycles. The summed E-state index contributed by atoms with van der Waals surface area (Å²) in [7, 11) is 0. The second kappa shape index (κ2) is 5.74. The first-order valence-electron chi connectivity index (χ1n) is 4.84. The maximum absolute atomic E-state index is 6.13. The molecule has 0 aliphatic heterocycles. The van der Waals surface area contributed by atoms with Crippen molar-refractivity contribution in [2.24, 2.45) is 0 Å². The fourth-order valence-corrected chi connectivity index (χ4v) is 2.19. The van der Waals surface area contributed by atoms with E-state index in [9.17, 15) is 0 Å². The van der Waals surface area contributed by atoms with Crippen LogP contribution in [-0.4, -0.2) is 18.0 Å². The van der Waals surface area contributed by atoms with Gasteiger partial charge in [-0.05, 0) is 30.8 Å². The monoisotopic (exact) mass is 275 g/mol. The Morgan fingerprint density at radius 1 is 1.29 bits per heavy atom. The molecule has 0 bridgehead atoms. The van der Waals surface area contributed by atoms with Crippen LogP contribution in [-0.2, 0) is 6.54 Å². The summed E-state index contributed by atoms with van der Waals surface area (Å²) in [6.45, 7) is 7.33. The molecule has 0 heterocycles. The lowest BCUT2D eigenvalue weighted by molar-refractivity contribution is 0.295. The molecule has 0 aliphatic rings. The van der Waals surface area contributed by atoms with Crippen molar-refractivity contribution in [3.05, 3.63) is 33.3 Å². The second-order valence-corrected chi connectivity index (χ2v) is 4.42. The normalized spacial score (nSPS) is 10.9. The van der Waals surface area contributed by atoms with Gasteiger partial charge in [-0.1, -0.05) is 47.4 Å². The van der Waals surface area contributed by atoms with E-state index in [1.807, 2.05) is 18.2 Å². The van der Waals surface area contributed by atoms with Gasteiger partial charge in [0.1, 0.15) is 0 Å². The van der Waals surface area contributed by atoms with Gasteiger partial charge in [-0.25, -0.2) is 0 Å². The first-order chi connectivity index (χ1) is 6.69. The highest BCUT2D eigenvalue weighted by Gasteiger charge is 2.08. The Balaban J connectivity index is 2.84. The zero-order chi connectivity index (χ0) is 10.6. The van der Waals surface area contributed by atoms with Crippen molar-refractivity contribution in [1.29, 1.82) is 0 Å². The molecular formula is C11H15BrClN. The summed E-state index contributed by atoms with van der Waals surface area (Å²) in [4.78, 5) is 2.34. The van der Waals surface area contributed by atoms with Crippen LogP contribution in [0.25, 0.3) is 0 Å². The van der Waals surface area contributed by atoms with Crippen molar-refractivity contribution in [2.75, 3.05) is 13.1 Å². The summed E-state index contributed by atoms with van der Waals surface area (Å²) >= 11 is 9.65. The standard InChI is InChI=1S/C11H15BrClN/c1-3-14(4-2)8-9-10(12)6-5-7-11(9)13/h5-7H,3-4,8H2,1-2H3. The summed E-state index contributed by atoms with van der Waals surface area (Å²) in [5, 5.41) is 0.839. The first kappa shape index (κ1) is 12.0. The van der Waals surface area contributed by atoms with Crippen molar-refractivity contribution in [3.8, 4) is 0 Å². The minimum atomic E-state index is 0.839. The summed E-state index contributed by atoms with van der Waals surface area (Å²) in [6.07, 6.45) is 0. The maximum atomic E-state index is 6.13. The maximum Gasteiger partial charge on any atom is 0.0462 e. The van der Waals surface area contributed by atoms with Gasteiger partial charge in [0.2, 0.25) is 0 Å². The van der Waals surface area contributed by atoms with Gasteiger partial charge >= 0.3 is 0 Å². The third-order valence-electron chi connectivity index (χ3n) is 2.34. The number of halogens is 2. The molecule has 1 aromatic carbocycles. The van der Waals surface area contributed by atoms with Crippen LogP contribution in [0.4, 0.5) is 0 Å². The van der Waals surface area contributed by atoms with E-state index < -0.39 is 0 Å². The first-order valence-corrected chi connectivity index (χ1v) is 6.01. The highest BCUT2D eigenvalue weighted by Crippen LogP contribution is 2.25. The van der Waals surface area contributed by atoms with Gasteiger partial charge in [0.15, 0.2) is 0 Å². The van der Waals surface area contributed by atoms with Crippen LogP contribution in [0.2, 0.25) is 5.02 Å². The highest BCUT2D eigenvalue weighted by atomic mass is 79.9. The Morgan fingerprint density at radius 3 is 2.43 bits per heavy atom. The lowest BCUT2D eigenvalue weighted by Gasteiger charge is -2.19. The Kier molecular flexibility index (Phi) is 4.93.